The molecule has 2 unspecified atom stereocenters. The molecule has 1 nitrogen and oxygen atoms in total. The van der Waals surface area contributed by atoms with Gasteiger partial charge in [0.2, 0.25) is 0 Å². The van der Waals surface area contributed by atoms with Crippen LogP contribution in [0.2, 0.25) is 4.34 Å². The first-order chi connectivity index (χ1) is 8.58. The molecule has 0 saturated heterocycles. The van der Waals surface area contributed by atoms with Crippen molar-refractivity contribution in [2.75, 3.05) is 0 Å². The summed E-state index contributed by atoms with van der Waals surface area (Å²) < 4.78 is 0.849. The minimum absolute atomic E-state index is 0.317. The molecule has 0 saturated carbocycles. The fraction of sp³-hybridized carbons (Fsp3) is 0.333. The summed E-state index contributed by atoms with van der Waals surface area (Å²) in [6, 6.07) is 13.2. The molecule has 0 aliphatic rings. The summed E-state index contributed by atoms with van der Waals surface area (Å²) >= 11 is 7.61. The van der Waals surface area contributed by atoms with Crippen molar-refractivity contribution in [1.29, 1.82) is 0 Å². The standard InChI is InChI=1S/C15H18ClNS/c1-10-6-4-5-7-13(10)11(2)17-12(3)14-8-9-15(16)18-14/h4-9,11-12,17H,1-3H3. The number of aryl methyl sites for hydroxylation is 1. The van der Waals surface area contributed by atoms with Gasteiger partial charge in [0.1, 0.15) is 0 Å². The molecule has 0 bridgehead atoms. The van der Waals surface area contributed by atoms with Crippen LogP contribution in [-0.2, 0) is 0 Å². The number of thiophene rings is 1. The zero-order valence-corrected chi connectivity index (χ0v) is 12.5. The van der Waals surface area contributed by atoms with Gasteiger partial charge in [-0.25, -0.2) is 0 Å². The van der Waals surface area contributed by atoms with Gasteiger partial charge < -0.3 is 5.32 Å². The van der Waals surface area contributed by atoms with Gasteiger partial charge in [-0.15, -0.1) is 11.3 Å². The van der Waals surface area contributed by atoms with Gasteiger partial charge in [-0.05, 0) is 44.0 Å². The first kappa shape index (κ1) is 13.6. The number of benzene rings is 1. The lowest BCUT2D eigenvalue weighted by atomic mass is 10.0. The van der Waals surface area contributed by atoms with Crippen LogP contribution in [0.15, 0.2) is 36.4 Å². The van der Waals surface area contributed by atoms with Crippen LogP contribution >= 0.6 is 22.9 Å². The van der Waals surface area contributed by atoms with Crippen LogP contribution in [-0.4, -0.2) is 0 Å². The normalized spacial score (nSPS) is 14.4. The van der Waals surface area contributed by atoms with E-state index >= 15 is 0 Å². The number of rotatable bonds is 4. The van der Waals surface area contributed by atoms with Crippen molar-refractivity contribution >= 4 is 22.9 Å². The van der Waals surface area contributed by atoms with Crippen molar-refractivity contribution in [1.82, 2.24) is 5.32 Å². The van der Waals surface area contributed by atoms with E-state index in [9.17, 15) is 0 Å². The van der Waals surface area contributed by atoms with Gasteiger partial charge in [-0.3, -0.25) is 0 Å². The molecule has 1 heterocycles. The molecule has 0 aliphatic heterocycles. The molecule has 0 fully saturated rings. The molecule has 1 aromatic heterocycles. The summed E-state index contributed by atoms with van der Waals surface area (Å²) in [4.78, 5) is 1.28. The van der Waals surface area contributed by atoms with Gasteiger partial charge in [-0.2, -0.15) is 0 Å². The Kier molecular flexibility index (Phi) is 4.44. The molecule has 0 spiro atoms. The molecule has 2 aromatic rings. The van der Waals surface area contributed by atoms with Crippen molar-refractivity contribution in [3.63, 3.8) is 0 Å². The lowest BCUT2D eigenvalue weighted by Gasteiger charge is -2.21. The molecular weight excluding hydrogens is 262 g/mol. The van der Waals surface area contributed by atoms with Crippen LogP contribution < -0.4 is 5.32 Å². The van der Waals surface area contributed by atoms with E-state index in [1.807, 2.05) is 6.07 Å². The van der Waals surface area contributed by atoms with Gasteiger partial charge in [0, 0.05) is 17.0 Å². The fourth-order valence-electron chi connectivity index (χ4n) is 2.18. The van der Waals surface area contributed by atoms with Gasteiger partial charge in [0.05, 0.1) is 4.34 Å². The summed E-state index contributed by atoms with van der Waals surface area (Å²) in [5, 5.41) is 3.62. The maximum atomic E-state index is 5.97. The van der Waals surface area contributed by atoms with E-state index < -0.39 is 0 Å². The lowest BCUT2D eigenvalue weighted by Crippen LogP contribution is -2.22. The first-order valence-electron chi connectivity index (χ1n) is 6.14. The van der Waals surface area contributed by atoms with Crippen LogP contribution in [0.4, 0.5) is 0 Å². The van der Waals surface area contributed by atoms with Gasteiger partial charge >= 0.3 is 0 Å². The van der Waals surface area contributed by atoms with Crippen LogP contribution in [0.1, 0.15) is 41.9 Å². The second kappa shape index (κ2) is 5.87. The van der Waals surface area contributed by atoms with Gasteiger partial charge in [0.15, 0.2) is 0 Å². The van der Waals surface area contributed by atoms with Crippen LogP contribution in [0.25, 0.3) is 0 Å². The largest absolute Gasteiger partial charge is 0.303 e. The highest BCUT2D eigenvalue weighted by Crippen LogP contribution is 2.28. The van der Waals surface area contributed by atoms with E-state index in [2.05, 4.69) is 56.4 Å². The average molecular weight is 280 g/mol. The van der Waals surface area contributed by atoms with Crippen LogP contribution in [0, 0.1) is 6.92 Å². The van der Waals surface area contributed by atoms with E-state index in [0.29, 0.717) is 12.1 Å². The fourth-order valence-corrected chi connectivity index (χ4v) is 3.25. The molecule has 2 atom stereocenters. The Morgan fingerprint density at radius 1 is 1.06 bits per heavy atom. The smallest absolute Gasteiger partial charge is 0.0931 e. The minimum atomic E-state index is 0.317. The third-order valence-electron chi connectivity index (χ3n) is 3.18. The Hall–Kier alpha value is -0.830. The molecular formula is C15H18ClNS. The van der Waals surface area contributed by atoms with Crippen molar-refractivity contribution in [3.8, 4) is 0 Å². The van der Waals surface area contributed by atoms with Crippen LogP contribution in [0.3, 0.4) is 0 Å². The monoisotopic (exact) mass is 279 g/mol. The van der Waals surface area contributed by atoms with E-state index in [1.54, 1.807) is 11.3 Å². The number of nitrogens with one attached hydrogen (secondary N) is 1. The maximum Gasteiger partial charge on any atom is 0.0931 e. The molecule has 96 valence electrons. The second-order valence-electron chi connectivity index (χ2n) is 4.61. The quantitative estimate of drug-likeness (QED) is 0.819. The Labute approximate surface area is 118 Å². The SMILES string of the molecule is Cc1ccccc1C(C)NC(C)c1ccc(Cl)s1. The molecule has 18 heavy (non-hydrogen) atoms. The highest BCUT2D eigenvalue weighted by molar-refractivity contribution is 7.16. The van der Waals surface area contributed by atoms with E-state index in [4.69, 9.17) is 11.6 Å². The molecule has 0 aliphatic carbocycles. The summed E-state index contributed by atoms with van der Waals surface area (Å²) in [7, 11) is 0. The zero-order valence-electron chi connectivity index (χ0n) is 10.9. The lowest BCUT2D eigenvalue weighted by molar-refractivity contribution is 0.498. The highest BCUT2D eigenvalue weighted by atomic mass is 35.5. The number of hydrogen-bond acceptors (Lipinski definition) is 2. The van der Waals surface area contributed by atoms with Crippen molar-refractivity contribution in [2.45, 2.75) is 32.9 Å². The summed E-state index contributed by atoms with van der Waals surface area (Å²) in [5.74, 6) is 0. The Bertz CT molecular complexity index is 521. The van der Waals surface area contributed by atoms with E-state index in [1.165, 1.54) is 16.0 Å². The van der Waals surface area contributed by atoms with Crippen LogP contribution in [0.5, 0.6) is 0 Å². The van der Waals surface area contributed by atoms with E-state index in [-0.39, 0.29) is 0 Å². The molecule has 1 N–H and O–H groups in total. The number of hydrogen-bond donors (Lipinski definition) is 1. The Morgan fingerprint density at radius 2 is 1.78 bits per heavy atom. The van der Waals surface area contributed by atoms with Crippen molar-refractivity contribution < 1.29 is 0 Å². The third-order valence-corrected chi connectivity index (χ3v) is 4.59. The molecule has 0 radical (unpaired) electrons. The minimum Gasteiger partial charge on any atom is -0.303 e. The van der Waals surface area contributed by atoms with Gasteiger partial charge in [0.25, 0.3) is 0 Å². The van der Waals surface area contributed by atoms with E-state index in [0.717, 1.165) is 4.34 Å². The molecule has 3 heteroatoms. The summed E-state index contributed by atoms with van der Waals surface area (Å²) in [6.07, 6.45) is 0. The topological polar surface area (TPSA) is 12.0 Å². The molecule has 1 aromatic carbocycles. The number of halogens is 1. The molecule has 2 rings (SSSR count). The molecule has 0 amide bonds. The summed E-state index contributed by atoms with van der Waals surface area (Å²) in [5.41, 5.74) is 2.68. The highest BCUT2D eigenvalue weighted by Gasteiger charge is 2.13. The predicted molar refractivity (Wildman–Crippen MR) is 80.5 cm³/mol. The second-order valence-corrected chi connectivity index (χ2v) is 6.36. The van der Waals surface area contributed by atoms with Crippen molar-refractivity contribution in [2.24, 2.45) is 0 Å². The summed E-state index contributed by atoms with van der Waals surface area (Å²) in [6.45, 7) is 6.53. The first-order valence-corrected chi connectivity index (χ1v) is 7.34. The van der Waals surface area contributed by atoms with Crippen molar-refractivity contribution in [3.05, 3.63) is 56.7 Å². The Balaban J connectivity index is 2.08. The maximum absolute atomic E-state index is 5.97. The Morgan fingerprint density at radius 3 is 2.39 bits per heavy atom. The zero-order chi connectivity index (χ0) is 13.1. The van der Waals surface area contributed by atoms with Gasteiger partial charge in [-0.1, -0.05) is 35.9 Å². The predicted octanol–water partition coefficient (Wildman–Crippen LogP) is 5.12. The average Bonchev–Trinajstić information content (AvgIpc) is 2.76. The third kappa shape index (κ3) is 3.14.